The highest BCUT2D eigenvalue weighted by atomic mass is 14.7. The minimum Gasteiger partial charge on any atom is -0.363 e. The van der Waals surface area contributed by atoms with Gasteiger partial charge in [-0.15, -0.1) is 0 Å². The van der Waals surface area contributed by atoms with E-state index >= 15 is 0 Å². The van der Waals surface area contributed by atoms with Gasteiger partial charge < -0.3 is 10.7 Å². The van der Waals surface area contributed by atoms with Gasteiger partial charge in [-0.2, -0.15) is 0 Å². The number of aromatic amines is 1. The molecule has 2 nitrogen and oxygen atoms in total. The highest BCUT2D eigenvalue weighted by Gasteiger charge is 1.98. The van der Waals surface area contributed by atoms with Gasteiger partial charge in [-0.25, -0.2) is 0 Å². The molecule has 1 aromatic carbocycles. The van der Waals surface area contributed by atoms with Crippen molar-refractivity contribution in [2.75, 3.05) is 0 Å². The summed E-state index contributed by atoms with van der Waals surface area (Å²) in [6.07, 6.45) is 1.98. The highest BCUT2D eigenvalue weighted by Crippen LogP contribution is 2.19. The maximum atomic E-state index is 5.51. The second-order valence-electron chi connectivity index (χ2n) is 2.98. The second kappa shape index (κ2) is 3.46. The van der Waals surface area contributed by atoms with E-state index in [9.17, 15) is 0 Å². The molecule has 2 heteroatoms. The Bertz CT molecular complexity index is 376. The molecule has 0 bridgehead atoms. The first-order valence-electron chi connectivity index (χ1n) is 4.33. The van der Waals surface area contributed by atoms with Crippen LogP contribution in [0.3, 0.4) is 0 Å². The average Bonchev–Trinajstić information content (AvgIpc) is 2.67. The van der Waals surface area contributed by atoms with E-state index in [1.807, 2.05) is 24.4 Å². The van der Waals surface area contributed by atoms with Crippen LogP contribution in [-0.2, 0) is 6.54 Å². The highest BCUT2D eigenvalue weighted by molar-refractivity contribution is 5.63. The molecule has 3 N–H and O–H groups in total. The van der Waals surface area contributed by atoms with Gasteiger partial charge in [-0.05, 0) is 17.2 Å². The predicted octanol–water partition coefficient (Wildman–Crippen LogP) is 2.14. The monoisotopic (exact) mass is 172 g/mol. The van der Waals surface area contributed by atoms with Crippen molar-refractivity contribution in [3.63, 3.8) is 0 Å². The lowest BCUT2D eigenvalue weighted by atomic mass is 10.1. The number of H-pyrrole nitrogens is 1. The molecule has 0 saturated heterocycles. The molecule has 0 aliphatic heterocycles. The van der Waals surface area contributed by atoms with Gasteiger partial charge >= 0.3 is 0 Å². The smallest absolute Gasteiger partial charge is 0.0332 e. The lowest BCUT2D eigenvalue weighted by molar-refractivity contribution is 1.01. The lowest BCUT2D eigenvalue weighted by Gasteiger charge is -1.94. The van der Waals surface area contributed by atoms with Crippen LogP contribution >= 0.6 is 0 Å². The van der Waals surface area contributed by atoms with Crippen LogP contribution in [0.2, 0.25) is 0 Å². The zero-order chi connectivity index (χ0) is 9.10. The molecule has 2 rings (SSSR count). The molecule has 2 aromatic rings. The van der Waals surface area contributed by atoms with Gasteiger partial charge in [-0.1, -0.05) is 30.3 Å². The van der Waals surface area contributed by atoms with Crippen molar-refractivity contribution in [1.29, 1.82) is 0 Å². The molecule has 0 radical (unpaired) electrons. The lowest BCUT2D eigenvalue weighted by Crippen LogP contribution is -1.94. The first-order chi connectivity index (χ1) is 6.40. The fourth-order valence-corrected chi connectivity index (χ4v) is 1.36. The van der Waals surface area contributed by atoms with Crippen molar-refractivity contribution in [2.45, 2.75) is 6.54 Å². The van der Waals surface area contributed by atoms with Gasteiger partial charge in [0.1, 0.15) is 0 Å². The normalized spacial score (nSPS) is 10.2. The van der Waals surface area contributed by atoms with Gasteiger partial charge in [0.2, 0.25) is 0 Å². The summed E-state index contributed by atoms with van der Waals surface area (Å²) in [6.45, 7) is 0.562. The summed E-state index contributed by atoms with van der Waals surface area (Å²) in [6, 6.07) is 12.3. The summed E-state index contributed by atoms with van der Waals surface area (Å²) < 4.78 is 0. The van der Waals surface area contributed by atoms with Crippen LogP contribution in [0.4, 0.5) is 0 Å². The number of hydrogen-bond donors (Lipinski definition) is 2. The van der Waals surface area contributed by atoms with E-state index in [4.69, 9.17) is 5.73 Å². The number of aromatic nitrogens is 1. The minimum atomic E-state index is 0.562. The molecular formula is C11H12N2. The zero-order valence-electron chi connectivity index (χ0n) is 7.33. The van der Waals surface area contributed by atoms with Crippen LogP contribution in [-0.4, -0.2) is 4.98 Å². The molecule has 0 aliphatic rings. The third-order valence-corrected chi connectivity index (χ3v) is 2.07. The molecule has 0 atom stereocenters. The first-order valence-corrected chi connectivity index (χ1v) is 4.33. The number of rotatable bonds is 2. The molecule has 1 aromatic heterocycles. The minimum absolute atomic E-state index is 0.562. The largest absolute Gasteiger partial charge is 0.363 e. The summed E-state index contributed by atoms with van der Waals surface area (Å²) in [7, 11) is 0. The summed E-state index contributed by atoms with van der Waals surface area (Å²) in [5.41, 5.74) is 8.99. The predicted molar refractivity (Wildman–Crippen MR) is 54.1 cm³/mol. The number of benzene rings is 1. The number of hydrogen-bond acceptors (Lipinski definition) is 1. The molecule has 66 valence electrons. The summed E-state index contributed by atoms with van der Waals surface area (Å²) in [5.74, 6) is 0. The quantitative estimate of drug-likeness (QED) is 0.716. The van der Waals surface area contributed by atoms with E-state index in [1.54, 1.807) is 0 Å². The van der Waals surface area contributed by atoms with E-state index in [-0.39, 0.29) is 0 Å². The Morgan fingerprint density at radius 3 is 2.46 bits per heavy atom. The third-order valence-electron chi connectivity index (χ3n) is 2.07. The van der Waals surface area contributed by atoms with Crippen LogP contribution in [0, 0.1) is 0 Å². The maximum Gasteiger partial charge on any atom is 0.0332 e. The Hall–Kier alpha value is -1.54. The average molecular weight is 172 g/mol. The Morgan fingerprint density at radius 2 is 1.85 bits per heavy atom. The van der Waals surface area contributed by atoms with Crippen LogP contribution in [0.5, 0.6) is 0 Å². The molecule has 0 aliphatic carbocycles. The Labute approximate surface area is 77.4 Å². The van der Waals surface area contributed by atoms with Crippen LogP contribution < -0.4 is 5.73 Å². The maximum absolute atomic E-state index is 5.51. The van der Waals surface area contributed by atoms with Crippen molar-refractivity contribution >= 4 is 0 Å². The van der Waals surface area contributed by atoms with Crippen LogP contribution in [0.15, 0.2) is 42.6 Å². The van der Waals surface area contributed by atoms with Crippen LogP contribution in [0.25, 0.3) is 11.1 Å². The SMILES string of the molecule is NCc1cc(-c2ccccc2)c[nH]1. The molecule has 0 unspecified atom stereocenters. The fraction of sp³-hybridized carbons (Fsp3) is 0.0909. The Balaban J connectivity index is 2.36. The molecule has 0 spiro atoms. The van der Waals surface area contributed by atoms with Crippen molar-refractivity contribution in [3.8, 4) is 11.1 Å². The van der Waals surface area contributed by atoms with Crippen LogP contribution in [0.1, 0.15) is 5.69 Å². The van der Waals surface area contributed by atoms with Gasteiger partial charge in [0.15, 0.2) is 0 Å². The molecule has 0 saturated carbocycles. The number of nitrogens with two attached hydrogens (primary N) is 1. The third kappa shape index (κ3) is 1.63. The second-order valence-corrected chi connectivity index (χ2v) is 2.98. The first kappa shape index (κ1) is 8.08. The van der Waals surface area contributed by atoms with E-state index in [2.05, 4.69) is 23.2 Å². The number of nitrogens with one attached hydrogen (secondary N) is 1. The molecule has 1 heterocycles. The Kier molecular flexibility index (Phi) is 2.15. The van der Waals surface area contributed by atoms with Gasteiger partial charge in [0, 0.05) is 18.4 Å². The van der Waals surface area contributed by atoms with Crippen molar-refractivity contribution < 1.29 is 0 Å². The van der Waals surface area contributed by atoms with Gasteiger partial charge in [-0.3, -0.25) is 0 Å². The Morgan fingerprint density at radius 1 is 1.08 bits per heavy atom. The molecule has 0 fully saturated rings. The van der Waals surface area contributed by atoms with Crippen molar-refractivity contribution in [1.82, 2.24) is 4.98 Å². The zero-order valence-corrected chi connectivity index (χ0v) is 7.33. The van der Waals surface area contributed by atoms with Crippen molar-refractivity contribution in [3.05, 3.63) is 48.3 Å². The van der Waals surface area contributed by atoms with Crippen molar-refractivity contribution in [2.24, 2.45) is 5.73 Å². The summed E-state index contributed by atoms with van der Waals surface area (Å²) in [5, 5.41) is 0. The summed E-state index contributed by atoms with van der Waals surface area (Å²) in [4.78, 5) is 3.13. The summed E-state index contributed by atoms with van der Waals surface area (Å²) >= 11 is 0. The van der Waals surface area contributed by atoms with E-state index in [0.717, 1.165) is 5.69 Å². The fourth-order valence-electron chi connectivity index (χ4n) is 1.36. The van der Waals surface area contributed by atoms with Gasteiger partial charge in [0.25, 0.3) is 0 Å². The standard InChI is InChI=1S/C11H12N2/c12-7-11-6-10(8-13-11)9-4-2-1-3-5-9/h1-6,8,13H,7,12H2. The molecular weight excluding hydrogens is 160 g/mol. The van der Waals surface area contributed by atoms with E-state index in [1.165, 1.54) is 11.1 Å². The topological polar surface area (TPSA) is 41.8 Å². The molecule has 0 amide bonds. The molecule has 13 heavy (non-hydrogen) atoms. The van der Waals surface area contributed by atoms with E-state index < -0.39 is 0 Å². The van der Waals surface area contributed by atoms with E-state index in [0.29, 0.717) is 6.54 Å². The van der Waals surface area contributed by atoms with Gasteiger partial charge in [0.05, 0.1) is 0 Å².